The summed E-state index contributed by atoms with van der Waals surface area (Å²) in [7, 11) is 0. The fourth-order valence-electron chi connectivity index (χ4n) is 1.55. The van der Waals surface area contributed by atoms with Crippen molar-refractivity contribution in [2.75, 3.05) is 6.54 Å². The maximum absolute atomic E-state index is 11.6. The van der Waals surface area contributed by atoms with Crippen LogP contribution in [-0.4, -0.2) is 16.5 Å². The summed E-state index contributed by atoms with van der Waals surface area (Å²) in [6.07, 6.45) is 1.06. The lowest BCUT2D eigenvalue weighted by molar-refractivity contribution is 0.663. The van der Waals surface area contributed by atoms with Gasteiger partial charge >= 0.3 is 0 Å². The molecule has 4 nitrogen and oxygen atoms in total. The summed E-state index contributed by atoms with van der Waals surface area (Å²) in [6.45, 7) is 3.65. The first kappa shape index (κ1) is 13.5. The topological polar surface area (TPSA) is 57.8 Å². The maximum atomic E-state index is 11.6. The molecular formula is C12H14BrN3OS. The number of aromatic nitrogens is 2. The van der Waals surface area contributed by atoms with Crippen LogP contribution in [-0.2, 0) is 6.54 Å². The number of rotatable bonds is 5. The molecule has 0 fully saturated rings. The van der Waals surface area contributed by atoms with Crippen LogP contribution in [0, 0.1) is 0 Å². The van der Waals surface area contributed by atoms with E-state index < -0.39 is 0 Å². The molecule has 2 aromatic rings. The Morgan fingerprint density at radius 3 is 3.00 bits per heavy atom. The SMILES string of the molecule is CCCNCc1cc(=O)[nH]c(-c2cc(Br)cs2)n1. The van der Waals surface area contributed by atoms with Gasteiger partial charge < -0.3 is 10.3 Å². The summed E-state index contributed by atoms with van der Waals surface area (Å²) in [5, 5.41) is 5.21. The summed E-state index contributed by atoms with van der Waals surface area (Å²) in [5.74, 6) is 0.631. The molecule has 0 aliphatic carbocycles. The molecule has 0 saturated heterocycles. The Kier molecular flexibility index (Phi) is 4.68. The molecule has 0 aromatic carbocycles. The van der Waals surface area contributed by atoms with Gasteiger partial charge in [-0.2, -0.15) is 0 Å². The molecular weight excluding hydrogens is 314 g/mol. The second kappa shape index (κ2) is 6.26. The van der Waals surface area contributed by atoms with E-state index in [0.717, 1.165) is 28.0 Å². The zero-order valence-corrected chi connectivity index (χ0v) is 12.4. The van der Waals surface area contributed by atoms with Gasteiger partial charge in [0.1, 0.15) is 0 Å². The molecule has 2 aromatic heterocycles. The van der Waals surface area contributed by atoms with Gasteiger partial charge in [-0.25, -0.2) is 4.98 Å². The number of nitrogens with one attached hydrogen (secondary N) is 2. The quantitative estimate of drug-likeness (QED) is 0.830. The van der Waals surface area contributed by atoms with E-state index in [4.69, 9.17) is 0 Å². The van der Waals surface area contributed by atoms with Crippen LogP contribution < -0.4 is 10.9 Å². The second-order valence-electron chi connectivity index (χ2n) is 3.89. The van der Waals surface area contributed by atoms with Gasteiger partial charge in [0.05, 0.1) is 10.6 Å². The molecule has 6 heteroatoms. The summed E-state index contributed by atoms with van der Waals surface area (Å²) < 4.78 is 1.000. The minimum Gasteiger partial charge on any atom is -0.311 e. The van der Waals surface area contributed by atoms with Gasteiger partial charge in [-0.15, -0.1) is 11.3 Å². The Labute approximate surface area is 118 Å². The number of thiophene rings is 1. The van der Waals surface area contributed by atoms with Crippen LogP contribution in [0.15, 0.2) is 26.8 Å². The van der Waals surface area contributed by atoms with E-state index in [9.17, 15) is 4.79 Å². The van der Waals surface area contributed by atoms with Gasteiger partial charge in [-0.1, -0.05) is 6.92 Å². The third-order valence-electron chi connectivity index (χ3n) is 2.33. The molecule has 0 atom stereocenters. The lowest BCUT2D eigenvalue weighted by atomic mass is 10.3. The maximum Gasteiger partial charge on any atom is 0.251 e. The predicted molar refractivity (Wildman–Crippen MR) is 77.9 cm³/mol. The molecule has 18 heavy (non-hydrogen) atoms. The van der Waals surface area contributed by atoms with Crippen molar-refractivity contribution in [1.29, 1.82) is 0 Å². The van der Waals surface area contributed by atoms with E-state index in [-0.39, 0.29) is 5.56 Å². The smallest absolute Gasteiger partial charge is 0.251 e. The first-order valence-electron chi connectivity index (χ1n) is 5.74. The highest BCUT2D eigenvalue weighted by Crippen LogP contribution is 2.26. The Morgan fingerprint density at radius 2 is 2.33 bits per heavy atom. The Balaban J connectivity index is 2.24. The van der Waals surface area contributed by atoms with Crippen molar-refractivity contribution in [1.82, 2.24) is 15.3 Å². The molecule has 0 radical (unpaired) electrons. The average molecular weight is 328 g/mol. The Hall–Kier alpha value is -0.980. The first-order chi connectivity index (χ1) is 8.69. The monoisotopic (exact) mass is 327 g/mol. The molecule has 0 amide bonds. The van der Waals surface area contributed by atoms with Crippen molar-refractivity contribution in [3.05, 3.63) is 38.0 Å². The predicted octanol–water partition coefficient (Wildman–Crippen LogP) is 2.76. The van der Waals surface area contributed by atoms with Crippen LogP contribution in [0.5, 0.6) is 0 Å². The average Bonchev–Trinajstić information content (AvgIpc) is 2.76. The number of nitrogens with zero attached hydrogens (tertiary/aromatic N) is 1. The zero-order valence-electron chi connectivity index (χ0n) is 10.00. The number of aromatic amines is 1. The lowest BCUT2D eigenvalue weighted by Crippen LogP contribution is -2.18. The first-order valence-corrected chi connectivity index (χ1v) is 7.41. The third kappa shape index (κ3) is 3.51. The van der Waals surface area contributed by atoms with Crippen molar-refractivity contribution < 1.29 is 0 Å². The van der Waals surface area contributed by atoms with Gasteiger partial charge in [0, 0.05) is 22.5 Å². The van der Waals surface area contributed by atoms with E-state index in [1.807, 2.05) is 11.4 Å². The summed E-state index contributed by atoms with van der Waals surface area (Å²) in [6, 6.07) is 3.49. The third-order valence-corrected chi connectivity index (χ3v) is 4.03. The summed E-state index contributed by atoms with van der Waals surface area (Å²) >= 11 is 4.94. The molecule has 0 aliphatic heterocycles. The highest BCUT2D eigenvalue weighted by molar-refractivity contribution is 9.10. The van der Waals surface area contributed by atoms with E-state index >= 15 is 0 Å². The molecule has 2 heterocycles. The van der Waals surface area contributed by atoms with Crippen molar-refractivity contribution in [3.8, 4) is 10.7 Å². The standard InChI is InChI=1S/C12H14BrN3OS/c1-2-3-14-6-9-5-11(17)16-12(15-9)10-4-8(13)7-18-10/h4-5,7,14H,2-3,6H2,1H3,(H,15,16,17). The largest absolute Gasteiger partial charge is 0.311 e. The van der Waals surface area contributed by atoms with E-state index in [2.05, 4.69) is 38.1 Å². The number of hydrogen-bond acceptors (Lipinski definition) is 4. The van der Waals surface area contributed by atoms with Crippen LogP contribution in [0.1, 0.15) is 19.0 Å². The fraction of sp³-hybridized carbons (Fsp3) is 0.333. The van der Waals surface area contributed by atoms with Crippen LogP contribution in [0.4, 0.5) is 0 Å². The van der Waals surface area contributed by atoms with Gasteiger partial charge in [0.15, 0.2) is 5.82 Å². The van der Waals surface area contributed by atoms with Crippen molar-refractivity contribution in [2.45, 2.75) is 19.9 Å². The van der Waals surface area contributed by atoms with Crippen LogP contribution in [0.25, 0.3) is 10.7 Å². The molecule has 0 aliphatic rings. The molecule has 0 spiro atoms. The van der Waals surface area contributed by atoms with Crippen molar-refractivity contribution in [2.24, 2.45) is 0 Å². The fourth-order valence-corrected chi connectivity index (χ4v) is 2.92. The van der Waals surface area contributed by atoms with Gasteiger partial charge in [0.2, 0.25) is 0 Å². The van der Waals surface area contributed by atoms with Crippen LogP contribution in [0.3, 0.4) is 0 Å². The van der Waals surface area contributed by atoms with Crippen LogP contribution >= 0.6 is 27.3 Å². The van der Waals surface area contributed by atoms with Gasteiger partial charge in [-0.05, 0) is 35.0 Å². The minimum atomic E-state index is -0.113. The van der Waals surface area contributed by atoms with Gasteiger partial charge in [0.25, 0.3) is 5.56 Å². The summed E-state index contributed by atoms with van der Waals surface area (Å²) in [5.41, 5.74) is 0.657. The molecule has 96 valence electrons. The van der Waals surface area contributed by atoms with Crippen molar-refractivity contribution in [3.63, 3.8) is 0 Å². The molecule has 2 N–H and O–H groups in total. The number of hydrogen-bond donors (Lipinski definition) is 2. The van der Waals surface area contributed by atoms with Crippen LogP contribution in [0.2, 0.25) is 0 Å². The number of halogens is 1. The highest BCUT2D eigenvalue weighted by Gasteiger charge is 2.06. The zero-order chi connectivity index (χ0) is 13.0. The van der Waals surface area contributed by atoms with E-state index in [0.29, 0.717) is 12.4 Å². The Bertz CT molecular complexity index is 579. The Morgan fingerprint density at radius 1 is 1.50 bits per heavy atom. The van der Waals surface area contributed by atoms with Gasteiger partial charge in [-0.3, -0.25) is 4.79 Å². The molecule has 0 bridgehead atoms. The second-order valence-corrected chi connectivity index (χ2v) is 5.72. The molecule has 0 unspecified atom stereocenters. The highest BCUT2D eigenvalue weighted by atomic mass is 79.9. The van der Waals surface area contributed by atoms with E-state index in [1.54, 1.807) is 11.3 Å². The minimum absolute atomic E-state index is 0.113. The van der Waals surface area contributed by atoms with E-state index in [1.165, 1.54) is 6.07 Å². The molecule has 0 saturated carbocycles. The number of H-pyrrole nitrogens is 1. The lowest BCUT2D eigenvalue weighted by Gasteiger charge is -2.04. The normalized spacial score (nSPS) is 10.8. The molecule has 2 rings (SSSR count). The summed E-state index contributed by atoms with van der Waals surface area (Å²) in [4.78, 5) is 19.8. The van der Waals surface area contributed by atoms with Crippen molar-refractivity contribution >= 4 is 27.3 Å².